The zero-order valence-electron chi connectivity index (χ0n) is 12.4. The summed E-state index contributed by atoms with van der Waals surface area (Å²) in [5.41, 5.74) is 1.68. The summed E-state index contributed by atoms with van der Waals surface area (Å²) in [6.45, 7) is 0. The Kier molecular flexibility index (Phi) is 5.48. The van der Waals surface area contributed by atoms with Crippen molar-refractivity contribution in [3.63, 3.8) is 0 Å². The number of thioether (sulfide) groups is 1. The van der Waals surface area contributed by atoms with Crippen molar-refractivity contribution >= 4 is 27.5 Å². The molecule has 1 amide bonds. The zero-order valence-corrected chi connectivity index (χ0v) is 14.0. The third-order valence-electron chi connectivity index (χ3n) is 3.73. The predicted molar refractivity (Wildman–Crippen MR) is 87.1 cm³/mol. The van der Waals surface area contributed by atoms with Gasteiger partial charge in [0.2, 0.25) is 5.91 Å². The van der Waals surface area contributed by atoms with Crippen LogP contribution in [0.2, 0.25) is 0 Å². The van der Waals surface area contributed by atoms with Crippen LogP contribution in [0.15, 0.2) is 24.3 Å². The summed E-state index contributed by atoms with van der Waals surface area (Å²) in [7, 11) is -1.29. The zero-order chi connectivity index (χ0) is 16.2. The lowest BCUT2D eigenvalue weighted by molar-refractivity contribution is -0.128. The minimum atomic E-state index is -2.97. The van der Waals surface area contributed by atoms with E-state index in [0.717, 1.165) is 5.56 Å². The van der Waals surface area contributed by atoms with Crippen LogP contribution in [0, 0.1) is 11.3 Å². The van der Waals surface area contributed by atoms with Crippen LogP contribution in [0.25, 0.3) is 0 Å². The van der Waals surface area contributed by atoms with E-state index in [0.29, 0.717) is 23.5 Å². The Bertz CT molecular complexity index is 678. The van der Waals surface area contributed by atoms with Gasteiger partial charge in [-0.05, 0) is 24.1 Å². The van der Waals surface area contributed by atoms with Crippen molar-refractivity contribution in [2.24, 2.45) is 0 Å². The van der Waals surface area contributed by atoms with Gasteiger partial charge in [-0.3, -0.25) is 4.79 Å². The molecule has 1 heterocycles. The topological polar surface area (TPSA) is 78.2 Å². The highest BCUT2D eigenvalue weighted by atomic mass is 32.2. The van der Waals surface area contributed by atoms with Crippen molar-refractivity contribution < 1.29 is 13.2 Å². The molecular formula is C15H18N2O3S2. The number of amides is 1. The van der Waals surface area contributed by atoms with Crippen LogP contribution in [0.4, 0.5) is 0 Å². The predicted octanol–water partition coefficient (Wildman–Crippen LogP) is 1.44. The van der Waals surface area contributed by atoms with Crippen molar-refractivity contribution in [3.8, 4) is 6.07 Å². The fourth-order valence-corrected chi connectivity index (χ4v) is 5.00. The molecule has 0 bridgehead atoms. The average Bonchev–Trinajstić information content (AvgIpc) is 2.87. The van der Waals surface area contributed by atoms with Crippen molar-refractivity contribution in [1.82, 2.24) is 4.90 Å². The SMILES string of the molecule is CN(C(=O)CSCc1ccc(C#N)cc1)C1CCS(=O)(=O)C1. The maximum absolute atomic E-state index is 12.1. The van der Waals surface area contributed by atoms with Crippen molar-refractivity contribution in [1.29, 1.82) is 5.26 Å². The molecule has 1 aromatic carbocycles. The third-order valence-corrected chi connectivity index (χ3v) is 6.47. The lowest BCUT2D eigenvalue weighted by Gasteiger charge is -2.23. The van der Waals surface area contributed by atoms with E-state index < -0.39 is 9.84 Å². The molecule has 0 saturated carbocycles. The number of carbonyl (C=O) groups excluding carboxylic acids is 1. The Morgan fingerprint density at radius 2 is 2.09 bits per heavy atom. The maximum atomic E-state index is 12.1. The molecule has 1 fully saturated rings. The van der Waals surface area contributed by atoms with Crippen molar-refractivity contribution in [2.45, 2.75) is 18.2 Å². The summed E-state index contributed by atoms with van der Waals surface area (Å²) < 4.78 is 22.9. The molecule has 1 saturated heterocycles. The average molecular weight is 338 g/mol. The van der Waals surface area contributed by atoms with Crippen LogP contribution < -0.4 is 0 Å². The van der Waals surface area contributed by atoms with Gasteiger partial charge in [0, 0.05) is 18.8 Å². The molecule has 2 rings (SSSR count). The van der Waals surface area contributed by atoms with E-state index in [2.05, 4.69) is 6.07 Å². The Balaban J connectivity index is 1.79. The summed E-state index contributed by atoms with van der Waals surface area (Å²) >= 11 is 1.49. The summed E-state index contributed by atoms with van der Waals surface area (Å²) in [4.78, 5) is 13.7. The van der Waals surface area contributed by atoms with Gasteiger partial charge >= 0.3 is 0 Å². The number of carbonyl (C=O) groups is 1. The van der Waals surface area contributed by atoms with Crippen LogP contribution in [-0.4, -0.2) is 49.6 Å². The second-order valence-electron chi connectivity index (χ2n) is 5.36. The smallest absolute Gasteiger partial charge is 0.232 e. The van der Waals surface area contributed by atoms with E-state index in [-0.39, 0.29) is 23.5 Å². The molecular weight excluding hydrogens is 320 g/mol. The van der Waals surface area contributed by atoms with Gasteiger partial charge < -0.3 is 4.90 Å². The number of nitriles is 1. The van der Waals surface area contributed by atoms with Crippen LogP contribution >= 0.6 is 11.8 Å². The Hall–Kier alpha value is -1.52. The molecule has 1 aliphatic rings. The molecule has 1 atom stereocenters. The van der Waals surface area contributed by atoms with Crippen molar-refractivity contribution in [3.05, 3.63) is 35.4 Å². The third kappa shape index (κ3) is 4.49. The largest absolute Gasteiger partial charge is 0.341 e. The standard InChI is InChI=1S/C15H18N2O3S2/c1-17(14-6-7-22(19,20)11-14)15(18)10-21-9-13-4-2-12(8-16)3-5-13/h2-5,14H,6-7,9-11H2,1H3. The summed E-state index contributed by atoms with van der Waals surface area (Å²) in [5, 5.41) is 8.73. The molecule has 0 radical (unpaired) electrons. The van der Waals surface area contributed by atoms with E-state index in [1.165, 1.54) is 11.8 Å². The van der Waals surface area contributed by atoms with Gasteiger partial charge in [-0.2, -0.15) is 5.26 Å². The summed E-state index contributed by atoms with van der Waals surface area (Å²) in [6, 6.07) is 9.15. The number of hydrogen-bond acceptors (Lipinski definition) is 5. The van der Waals surface area contributed by atoms with E-state index >= 15 is 0 Å². The van der Waals surface area contributed by atoms with Gasteiger partial charge in [-0.1, -0.05) is 12.1 Å². The monoisotopic (exact) mass is 338 g/mol. The Morgan fingerprint density at radius 1 is 1.41 bits per heavy atom. The molecule has 1 aromatic rings. The van der Waals surface area contributed by atoms with Gasteiger partial charge in [0.15, 0.2) is 9.84 Å². The minimum absolute atomic E-state index is 0.0410. The molecule has 0 N–H and O–H groups in total. The first-order chi connectivity index (χ1) is 10.4. The molecule has 0 aromatic heterocycles. The van der Waals surface area contributed by atoms with Crippen molar-refractivity contribution in [2.75, 3.05) is 24.3 Å². The van der Waals surface area contributed by atoms with Gasteiger partial charge in [0.05, 0.1) is 28.9 Å². The number of rotatable bonds is 5. The second kappa shape index (κ2) is 7.16. The first-order valence-electron chi connectivity index (χ1n) is 6.94. The molecule has 7 heteroatoms. The van der Waals surface area contributed by atoms with E-state index in [9.17, 15) is 13.2 Å². The molecule has 0 aliphatic carbocycles. The molecule has 0 spiro atoms. The number of sulfone groups is 1. The highest BCUT2D eigenvalue weighted by molar-refractivity contribution is 7.99. The number of nitrogens with zero attached hydrogens (tertiary/aromatic N) is 2. The summed E-state index contributed by atoms with van der Waals surface area (Å²) in [5.74, 6) is 1.23. The Labute approximate surface area is 135 Å². The molecule has 22 heavy (non-hydrogen) atoms. The van der Waals surface area contributed by atoms with Gasteiger partial charge in [-0.15, -0.1) is 11.8 Å². The van der Waals surface area contributed by atoms with Gasteiger partial charge in [0.1, 0.15) is 0 Å². The normalized spacial score (nSPS) is 19.5. The molecule has 5 nitrogen and oxygen atoms in total. The van der Waals surface area contributed by atoms with Crippen LogP contribution in [-0.2, 0) is 20.4 Å². The number of hydrogen-bond donors (Lipinski definition) is 0. The van der Waals surface area contributed by atoms with Crippen LogP contribution in [0.1, 0.15) is 17.5 Å². The van der Waals surface area contributed by atoms with Crippen LogP contribution in [0.5, 0.6) is 0 Å². The fraction of sp³-hybridized carbons (Fsp3) is 0.467. The quantitative estimate of drug-likeness (QED) is 0.812. The van der Waals surface area contributed by atoms with E-state index in [1.807, 2.05) is 12.1 Å². The maximum Gasteiger partial charge on any atom is 0.232 e. The lowest BCUT2D eigenvalue weighted by atomic mass is 10.2. The molecule has 1 unspecified atom stereocenters. The van der Waals surface area contributed by atoms with Gasteiger partial charge in [-0.25, -0.2) is 8.42 Å². The Morgan fingerprint density at radius 3 is 2.64 bits per heavy atom. The minimum Gasteiger partial charge on any atom is -0.341 e. The first-order valence-corrected chi connectivity index (χ1v) is 9.92. The van der Waals surface area contributed by atoms with E-state index in [4.69, 9.17) is 5.26 Å². The fourth-order valence-electron chi connectivity index (χ4n) is 2.32. The second-order valence-corrected chi connectivity index (χ2v) is 8.58. The van der Waals surface area contributed by atoms with Crippen LogP contribution in [0.3, 0.4) is 0 Å². The lowest BCUT2D eigenvalue weighted by Crippen LogP contribution is -2.38. The summed E-state index contributed by atoms with van der Waals surface area (Å²) in [6.07, 6.45) is 0.533. The van der Waals surface area contributed by atoms with E-state index in [1.54, 1.807) is 24.1 Å². The molecule has 118 valence electrons. The number of benzene rings is 1. The highest BCUT2D eigenvalue weighted by Gasteiger charge is 2.32. The molecule has 1 aliphatic heterocycles. The highest BCUT2D eigenvalue weighted by Crippen LogP contribution is 2.19. The first kappa shape index (κ1) is 16.8. The van der Waals surface area contributed by atoms with Gasteiger partial charge in [0.25, 0.3) is 0 Å².